The maximum atomic E-state index is 12.7. The number of methoxy groups -OCH3 is 1. The Morgan fingerprint density at radius 3 is 2.55 bits per heavy atom. The van der Waals surface area contributed by atoms with Crippen LogP contribution < -0.4 is 5.48 Å². The van der Waals surface area contributed by atoms with Crippen LogP contribution in [-0.4, -0.2) is 37.0 Å². The molecule has 0 saturated carbocycles. The van der Waals surface area contributed by atoms with Gasteiger partial charge in [0.15, 0.2) is 12.0 Å². The third-order valence-electron chi connectivity index (χ3n) is 4.94. The number of H-pyrrole nitrogens is 1. The normalized spacial score (nSPS) is 15.5. The van der Waals surface area contributed by atoms with Crippen molar-refractivity contribution in [3.8, 4) is 0 Å². The summed E-state index contributed by atoms with van der Waals surface area (Å²) in [6, 6.07) is 16.0. The van der Waals surface area contributed by atoms with E-state index in [9.17, 15) is 14.4 Å². The Labute approximate surface area is 177 Å². The van der Waals surface area contributed by atoms with Gasteiger partial charge < -0.3 is 14.5 Å². The quantitative estimate of drug-likeness (QED) is 0.375. The van der Waals surface area contributed by atoms with E-state index >= 15 is 0 Å². The van der Waals surface area contributed by atoms with Crippen LogP contribution in [0.3, 0.4) is 0 Å². The van der Waals surface area contributed by atoms with Crippen LogP contribution in [0.5, 0.6) is 0 Å². The predicted octanol–water partition coefficient (Wildman–Crippen LogP) is 2.87. The van der Waals surface area contributed by atoms with Crippen molar-refractivity contribution in [1.82, 2.24) is 10.5 Å². The number of hydrogen-bond acceptors (Lipinski definition) is 6. The molecule has 1 amide bonds. The number of aromatic nitrogens is 1. The third-order valence-corrected chi connectivity index (χ3v) is 4.94. The van der Waals surface area contributed by atoms with Gasteiger partial charge in [0, 0.05) is 22.2 Å². The maximum absolute atomic E-state index is 12.7. The van der Waals surface area contributed by atoms with Gasteiger partial charge in [-0.2, -0.15) is 0 Å². The van der Waals surface area contributed by atoms with Crippen LogP contribution in [0.4, 0.5) is 0 Å². The maximum Gasteiger partial charge on any atom is 0.337 e. The van der Waals surface area contributed by atoms with Crippen molar-refractivity contribution in [2.75, 3.05) is 14.2 Å². The Morgan fingerprint density at radius 1 is 1.10 bits per heavy atom. The first-order valence-corrected chi connectivity index (χ1v) is 9.33. The van der Waals surface area contributed by atoms with Crippen LogP contribution in [0.2, 0.25) is 0 Å². The molecule has 0 aliphatic carbocycles. The summed E-state index contributed by atoms with van der Waals surface area (Å²) < 4.78 is 10.6. The highest BCUT2D eigenvalue weighted by Crippen LogP contribution is 2.45. The molecule has 4 rings (SSSR count). The monoisotopic (exact) mass is 418 g/mol. The third kappa shape index (κ3) is 3.61. The number of hydroxylamine groups is 1. The van der Waals surface area contributed by atoms with Gasteiger partial charge in [-0.25, -0.2) is 15.1 Å². The summed E-state index contributed by atoms with van der Waals surface area (Å²) >= 11 is 0. The van der Waals surface area contributed by atoms with E-state index in [1.165, 1.54) is 14.2 Å². The number of hydrogen-bond donors (Lipinski definition) is 2. The molecule has 0 spiro atoms. The smallest absolute Gasteiger partial charge is 0.337 e. The Balaban J connectivity index is 1.92. The van der Waals surface area contributed by atoms with Crippen LogP contribution in [0, 0.1) is 0 Å². The zero-order valence-corrected chi connectivity index (χ0v) is 16.7. The van der Waals surface area contributed by atoms with Crippen molar-refractivity contribution in [3.05, 3.63) is 82.8 Å². The SMILES string of the molecule is CONC(=O)C1=C(c2cc3cc(C(=O)OC)ccc3[nH]2)C(c2ccccc2)OC1=C=O. The highest BCUT2D eigenvalue weighted by Gasteiger charge is 2.38. The van der Waals surface area contributed by atoms with Gasteiger partial charge in [-0.1, -0.05) is 30.3 Å². The number of rotatable bonds is 5. The number of amides is 1. The highest BCUT2D eigenvalue weighted by atomic mass is 16.6. The first-order valence-electron chi connectivity index (χ1n) is 9.33. The Hall–Kier alpha value is -4.13. The van der Waals surface area contributed by atoms with Gasteiger partial charge in [0.2, 0.25) is 5.76 Å². The van der Waals surface area contributed by atoms with Crippen molar-refractivity contribution >= 4 is 34.3 Å². The van der Waals surface area contributed by atoms with E-state index < -0.39 is 18.0 Å². The van der Waals surface area contributed by atoms with Gasteiger partial charge in [-0.05, 0) is 29.8 Å². The van der Waals surface area contributed by atoms with Gasteiger partial charge in [0.05, 0.1) is 19.8 Å². The lowest BCUT2D eigenvalue weighted by molar-refractivity contribution is -0.127. The minimum Gasteiger partial charge on any atom is -0.469 e. The number of carbonyl (C=O) groups is 2. The Bertz CT molecular complexity index is 1250. The van der Waals surface area contributed by atoms with Crippen LogP contribution >= 0.6 is 0 Å². The molecule has 1 aromatic heterocycles. The average molecular weight is 418 g/mol. The Kier molecular flexibility index (Phi) is 5.41. The predicted molar refractivity (Wildman–Crippen MR) is 111 cm³/mol. The molecule has 8 nitrogen and oxygen atoms in total. The van der Waals surface area contributed by atoms with Gasteiger partial charge in [0.1, 0.15) is 5.57 Å². The zero-order valence-electron chi connectivity index (χ0n) is 16.7. The molecule has 0 fully saturated rings. The van der Waals surface area contributed by atoms with E-state index in [1.807, 2.05) is 30.3 Å². The summed E-state index contributed by atoms with van der Waals surface area (Å²) in [5.74, 6) is 0.405. The van der Waals surface area contributed by atoms with Crippen molar-refractivity contribution in [1.29, 1.82) is 0 Å². The lowest BCUT2D eigenvalue weighted by Gasteiger charge is -2.14. The molecule has 1 aliphatic heterocycles. The summed E-state index contributed by atoms with van der Waals surface area (Å²) in [5.41, 5.74) is 5.14. The molecule has 2 heterocycles. The number of carbonyl (C=O) groups excluding carboxylic acids is 3. The molecule has 1 unspecified atom stereocenters. The lowest BCUT2D eigenvalue weighted by Crippen LogP contribution is -2.24. The minimum absolute atomic E-state index is 0.0189. The number of benzene rings is 2. The summed E-state index contributed by atoms with van der Waals surface area (Å²) in [4.78, 5) is 44.2. The molecule has 1 aliphatic rings. The number of ether oxygens (including phenoxy) is 2. The highest BCUT2D eigenvalue weighted by molar-refractivity contribution is 6.09. The van der Waals surface area contributed by atoms with Gasteiger partial charge in [-0.15, -0.1) is 0 Å². The van der Waals surface area contributed by atoms with Crippen LogP contribution in [0.15, 0.2) is 65.9 Å². The molecular formula is C23H18N2O6. The minimum atomic E-state index is -0.719. The molecule has 0 radical (unpaired) electrons. The second-order valence-electron chi connectivity index (χ2n) is 6.74. The van der Waals surface area contributed by atoms with E-state index in [1.54, 1.807) is 30.2 Å². The molecule has 0 saturated heterocycles. The van der Waals surface area contributed by atoms with E-state index in [2.05, 4.69) is 10.5 Å². The summed E-state index contributed by atoms with van der Waals surface area (Å²) in [5, 5.41) is 0.729. The van der Waals surface area contributed by atoms with Crippen molar-refractivity contribution < 1.29 is 28.7 Å². The number of aromatic amines is 1. The van der Waals surface area contributed by atoms with E-state index in [0.717, 1.165) is 16.5 Å². The molecule has 156 valence electrons. The lowest BCUT2D eigenvalue weighted by atomic mass is 9.95. The van der Waals surface area contributed by atoms with Gasteiger partial charge in [0.25, 0.3) is 5.91 Å². The number of fused-ring (bicyclic) bond motifs is 1. The molecule has 31 heavy (non-hydrogen) atoms. The van der Waals surface area contributed by atoms with E-state index in [0.29, 0.717) is 16.8 Å². The standard InChI is InChI=1S/C23H18N2O6/c1-29-23(28)14-8-9-16-15(10-14)11-17(24-16)19-20(22(27)25-30-2)18(12-26)31-21(19)13-6-4-3-5-7-13/h3-11,21,24H,1-2H3,(H,25,27). The van der Waals surface area contributed by atoms with Crippen molar-refractivity contribution in [3.63, 3.8) is 0 Å². The van der Waals surface area contributed by atoms with Crippen LogP contribution in [-0.2, 0) is 23.9 Å². The fourth-order valence-electron chi connectivity index (χ4n) is 3.59. The summed E-state index contributed by atoms with van der Waals surface area (Å²) in [7, 11) is 2.61. The summed E-state index contributed by atoms with van der Waals surface area (Å²) in [6.07, 6.45) is -0.719. The first kappa shape index (κ1) is 20.2. The molecule has 1 atom stereocenters. The van der Waals surface area contributed by atoms with Crippen LogP contribution in [0.25, 0.3) is 16.5 Å². The molecule has 2 aromatic carbocycles. The molecule has 3 aromatic rings. The van der Waals surface area contributed by atoms with Gasteiger partial charge in [-0.3, -0.25) is 9.63 Å². The number of esters is 1. The fraction of sp³-hybridized carbons (Fsp3) is 0.130. The average Bonchev–Trinajstić information content (AvgIpc) is 3.39. The van der Waals surface area contributed by atoms with Crippen molar-refractivity contribution in [2.24, 2.45) is 0 Å². The second kappa shape index (κ2) is 8.31. The van der Waals surface area contributed by atoms with Crippen LogP contribution in [0.1, 0.15) is 27.7 Å². The topological polar surface area (TPSA) is 107 Å². The molecule has 0 bridgehead atoms. The van der Waals surface area contributed by atoms with Crippen molar-refractivity contribution in [2.45, 2.75) is 6.10 Å². The molecule has 8 heteroatoms. The largest absolute Gasteiger partial charge is 0.469 e. The van der Waals surface area contributed by atoms with E-state index in [-0.39, 0.29) is 11.3 Å². The Morgan fingerprint density at radius 2 is 1.87 bits per heavy atom. The first-order chi connectivity index (χ1) is 15.1. The molecular weight excluding hydrogens is 400 g/mol. The number of nitrogens with one attached hydrogen (secondary N) is 2. The molecule has 2 N–H and O–H groups in total. The van der Waals surface area contributed by atoms with Gasteiger partial charge >= 0.3 is 5.97 Å². The fourth-order valence-corrected chi connectivity index (χ4v) is 3.59. The zero-order chi connectivity index (χ0) is 22.0. The summed E-state index contributed by atoms with van der Waals surface area (Å²) in [6.45, 7) is 0. The second-order valence-corrected chi connectivity index (χ2v) is 6.74. The van der Waals surface area contributed by atoms with E-state index in [4.69, 9.17) is 14.3 Å².